The van der Waals surface area contributed by atoms with Crippen molar-refractivity contribution in [3.63, 3.8) is 0 Å². The summed E-state index contributed by atoms with van der Waals surface area (Å²) < 4.78 is 4.93. The molecule has 8 heteroatoms. The summed E-state index contributed by atoms with van der Waals surface area (Å²) in [4.78, 5) is 14.4. The molecule has 1 N–H and O–H groups in total. The number of hydrogen-bond donors (Lipinski definition) is 1. The second-order valence-corrected chi connectivity index (χ2v) is 9.06. The molecule has 0 atom stereocenters. The van der Waals surface area contributed by atoms with E-state index in [4.69, 9.17) is 14.5 Å². The SMILES string of the molecule is CCNC(=NCCc1nc(C(C)(C)C)cs1)N1CCN(Cc2ccon2)CC1. The first kappa shape index (κ1) is 20.8. The minimum Gasteiger partial charge on any atom is -0.364 e. The summed E-state index contributed by atoms with van der Waals surface area (Å²) in [6.07, 6.45) is 2.52. The summed E-state index contributed by atoms with van der Waals surface area (Å²) in [5.41, 5.74) is 2.28. The number of piperazine rings is 1. The Morgan fingerprint density at radius 2 is 2.07 bits per heavy atom. The Morgan fingerprint density at radius 1 is 1.29 bits per heavy atom. The number of rotatable bonds is 6. The number of nitrogens with zero attached hydrogens (tertiary/aromatic N) is 5. The summed E-state index contributed by atoms with van der Waals surface area (Å²) >= 11 is 1.74. The molecule has 7 nitrogen and oxygen atoms in total. The summed E-state index contributed by atoms with van der Waals surface area (Å²) in [7, 11) is 0. The summed E-state index contributed by atoms with van der Waals surface area (Å²) in [6, 6.07) is 1.93. The van der Waals surface area contributed by atoms with E-state index in [0.717, 1.165) is 63.9 Å². The van der Waals surface area contributed by atoms with Crippen LogP contribution in [-0.2, 0) is 18.4 Å². The minimum absolute atomic E-state index is 0.110. The van der Waals surface area contributed by atoms with Gasteiger partial charge in [-0.2, -0.15) is 0 Å². The van der Waals surface area contributed by atoms with Gasteiger partial charge in [0, 0.05) is 69.1 Å². The van der Waals surface area contributed by atoms with Gasteiger partial charge in [-0.05, 0) is 6.92 Å². The van der Waals surface area contributed by atoms with Crippen molar-refractivity contribution in [2.45, 2.75) is 46.1 Å². The van der Waals surface area contributed by atoms with E-state index >= 15 is 0 Å². The van der Waals surface area contributed by atoms with Gasteiger partial charge >= 0.3 is 0 Å². The third-order valence-corrected chi connectivity index (χ3v) is 5.70. The highest BCUT2D eigenvalue weighted by molar-refractivity contribution is 7.09. The zero-order valence-corrected chi connectivity index (χ0v) is 18.3. The molecule has 1 aliphatic heterocycles. The number of aromatic nitrogens is 2. The zero-order valence-electron chi connectivity index (χ0n) is 17.4. The summed E-state index contributed by atoms with van der Waals surface area (Å²) in [6.45, 7) is 15.1. The van der Waals surface area contributed by atoms with Gasteiger partial charge in [0.1, 0.15) is 6.26 Å². The van der Waals surface area contributed by atoms with Crippen LogP contribution < -0.4 is 5.32 Å². The molecule has 0 amide bonds. The largest absolute Gasteiger partial charge is 0.364 e. The van der Waals surface area contributed by atoms with Crippen LogP contribution in [-0.4, -0.2) is 65.2 Å². The minimum atomic E-state index is 0.110. The van der Waals surface area contributed by atoms with Gasteiger partial charge in [-0.1, -0.05) is 25.9 Å². The Bertz CT molecular complexity index is 741. The molecule has 2 aromatic heterocycles. The maximum absolute atomic E-state index is 4.93. The fourth-order valence-electron chi connectivity index (χ4n) is 3.12. The van der Waals surface area contributed by atoms with Crippen molar-refractivity contribution in [2.24, 2.45) is 4.99 Å². The fourth-order valence-corrected chi connectivity index (χ4v) is 4.13. The molecule has 154 valence electrons. The maximum Gasteiger partial charge on any atom is 0.194 e. The van der Waals surface area contributed by atoms with Crippen molar-refractivity contribution in [3.8, 4) is 0 Å². The standard InChI is InChI=1S/C20H32N6OS/c1-5-21-19(22-8-6-18-23-17(15-28-18)20(2,3)4)26-11-9-25(10-12-26)14-16-7-13-27-24-16/h7,13,15H,5-6,8-12,14H2,1-4H3,(H,21,22). The van der Waals surface area contributed by atoms with E-state index in [1.165, 1.54) is 10.7 Å². The van der Waals surface area contributed by atoms with Gasteiger partial charge in [0.25, 0.3) is 0 Å². The first-order chi connectivity index (χ1) is 13.5. The molecular weight excluding hydrogens is 372 g/mol. The first-order valence-corrected chi connectivity index (χ1v) is 10.9. The predicted octanol–water partition coefficient (Wildman–Crippen LogP) is 2.75. The second kappa shape index (κ2) is 9.52. The maximum atomic E-state index is 4.93. The molecule has 0 aromatic carbocycles. The lowest BCUT2D eigenvalue weighted by Gasteiger charge is -2.36. The van der Waals surface area contributed by atoms with E-state index in [1.54, 1.807) is 17.6 Å². The van der Waals surface area contributed by atoms with Crippen LogP contribution in [0.15, 0.2) is 27.2 Å². The van der Waals surface area contributed by atoms with Gasteiger partial charge in [0.2, 0.25) is 0 Å². The summed E-state index contributed by atoms with van der Waals surface area (Å²) in [5, 5.41) is 10.8. The van der Waals surface area contributed by atoms with E-state index < -0.39 is 0 Å². The predicted molar refractivity (Wildman–Crippen MR) is 114 cm³/mol. The smallest absolute Gasteiger partial charge is 0.194 e. The van der Waals surface area contributed by atoms with Gasteiger partial charge in [-0.3, -0.25) is 9.89 Å². The number of hydrogen-bond acceptors (Lipinski definition) is 6. The van der Waals surface area contributed by atoms with Crippen molar-refractivity contribution >= 4 is 17.3 Å². The van der Waals surface area contributed by atoms with Gasteiger partial charge in [0.05, 0.1) is 16.4 Å². The van der Waals surface area contributed by atoms with Crippen LogP contribution in [0.4, 0.5) is 0 Å². The van der Waals surface area contributed by atoms with Crippen LogP contribution in [0.2, 0.25) is 0 Å². The number of nitrogens with one attached hydrogen (secondary N) is 1. The van der Waals surface area contributed by atoms with Crippen LogP contribution in [0.1, 0.15) is 44.1 Å². The molecule has 1 aliphatic rings. The molecule has 0 saturated carbocycles. The van der Waals surface area contributed by atoms with Crippen LogP contribution in [0.3, 0.4) is 0 Å². The lowest BCUT2D eigenvalue weighted by atomic mass is 9.93. The highest BCUT2D eigenvalue weighted by Crippen LogP contribution is 2.24. The highest BCUT2D eigenvalue weighted by atomic mass is 32.1. The molecule has 1 fully saturated rings. The molecule has 3 heterocycles. The van der Waals surface area contributed by atoms with Gasteiger partial charge in [-0.25, -0.2) is 4.98 Å². The van der Waals surface area contributed by atoms with E-state index in [9.17, 15) is 0 Å². The highest BCUT2D eigenvalue weighted by Gasteiger charge is 2.20. The molecule has 28 heavy (non-hydrogen) atoms. The Labute approximate surface area is 171 Å². The molecule has 0 unspecified atom stereocenters. The number of guanidine groups is 1. The van der Waals surface area contributed by atoms with Gasteiger partial charge in [0.15, 0.2) is 5.96 Å². The molecule has 1 saturated heterocycles. The third-order valence-electron chi connectivity index (χ3n) is 4.79. The Balaban J connectivity index is 1.51. The van der Waals surface area contributed by atoms with E-state index in [2.05, 4.69) is 53.3 Å². The molecule has 0 aliphatic carbocycles. The lowest BCUT2D eigenvalue weighted by molar-refractivity contribution is 0.169. The average Bonchev–Trinajstić information content (AvgIpc) is 3.33. The molecule has 0 spiro atoms. The van der Waals surface area contributed by atoms with Crippen LogP contribution in [0.25, 0.3) is 0 Å². The summed E-state index contributed by atoms with van der Waals surface area (Å²) in [5.74, 6) is 1.01. The molecule has 3 rings (SSSR count). The monoisotopic (exact) mass is 404 g/mol. The quantitative estimate of drug-likeness (QED) is 0.590. The van der Waals surface area contributed by atoms with Crippen molar-refractivity contribution in [1.29, 1.82) is 0 Å². The van der Waals surface area contributed by atoms with Crippen LogP contribution in [0, 0.1) is 0 Å². The van der Waals surface area contributed by atoms with Gasteiger partial charge in [-0.15, -0.1) is 11.3 Å². The molecule has 0 bridgehead atoms. The number of aliphatic imine (C=N–C) groups is 1. The lowest BCUT2D eigenvalue weighted by Crippen LogP contribution is -2.52. The number of thiazole rings is 1. The fraction of sp³-hybridized carbons (Fsp3) is 0.650. The molecule has 2 aromatic rings. The zero-order chi connectivity index (χ0) is 20.0. The van der Waals surface area contributed by atoms with Crippen molar-refractivity contribution in [1.82, 2.24) is 25.3 Å². The van der Waals surface area contributed by atoms with Crippen molar-refractivity contribution < 1.29 is 4.52 Å². The Hall–Kier alpha value is -1.93. The van der Waals surface area contributed by atoms with Crippen molar-refractivity contribution in [2.75, 3.05) is 39.3 Å². The average molecular weight is 405 g/mol. The normalized spacial score (nSPS) is 16.6. The van der Waals surface area contributed by atoms with Crippen LogP contribution in [0.5, 0.6) is 0 Å². The Morgan fingerprint density at radius 3 is 2.68 bits per heavy atom. The topological polar surface area (TPSA) is 69.8 Å². The third kappa shape index (κ3) is 5.78. The Kier molecular flexibility index (Phi) is 7.07. The van der Waals surface area contributed by atoms with Gasteiger partial charge < -0.3 is 14.7 Å². The van der Waals surface area contributed by atoms with Crippen LogP contribution >= 0.6 is 11.3 Å². The van der Waals surface area contributed by atoms with E-state index in [0.29, 0.717) is 0 Å². The van der Waals surface area contributed by atoms with Crippen molar-refractivity contribution in [3.05, 3.63) is 34.1 Å². The molecule has 0 radical (unpaired) electrons. The first-order valence-electron chi connectivity index (χ1n) is 10.1. The van der Waals surface area contributed by atoms with E-state index in [-0.39, 0.29) is 5.41 Å². The second-order valence-electron chi connectivity index (χ2n) is 8.12. The van der Waals surface area contributed by atoms with E-state index in [1.807, 2.05) is 6.07 Å². The molecular formula is C20H32N6OS.